The van der Waals surface area contributed by atoms with Gasteiger partial charge in [0.2, 0.25) is 0 Å². The van der Waals surface area contributed by atoms with Crippen molar-refractivity contribution in [3.8, 4) is 11.5 Å². The lowest BCUT2D eigenvalue weighted by molar-refractivity contribution is -0.139. The third-order valence-electron chi connectivity index (χ3n) is 5.09. The Kier molecular flexibility index (Phi) is 8.50. The Morgan fingerprint density at radius 3 is 2.50 bits per heavy atom. The van der Waals surface area contributed by atoms with Gasteiger partial charge in [-0.2, -0.15) is 0 Å². The van der Waals surface area contributed by atoms with Crippen molar-refractivity contribution in [2.45, 2.75) is 32.7 Å². The number of hydrogen-bond donors (Lipinski definition) is 3. The number of hydrogen-bond acceptors (Lipinski definition) is 6. The molecule has 3 amide bonds. The standard InChI is InChI=1S/C25H29N3O6/c1-4-9-18-22(24(30)33-5-2)23(28-25(31)27-18)16-12-13-19(20(14-16)32-3)34-15-21(29)26-17-10-7-6-8-11-17/h6-8,10-14,23H,4-5,9,15H2,1-3H3,(H,26,29)(H2,27,28,31). The highest BCUT2D eigenvalue weighted by Gasteiger charge is 2.33. The number of methoxy groups -OCH3 is 1. The van der Waals surface area contributed by atoms with Crippen molar-refractivity contribution in [1.29, 1.82) is 0 Å². The van der Waals surface area contributed by atoms with E-state index < -0.39 is 18.0 Å². The van der Waals surface area contributed by atoms with Gasteiger partial charge in [-0.1, -0.05) is 37.6 Å². The quantitative estimate of drug-likeness (QED) is 0.459. The minimum atomic E-state index is -0.723. The van der Waals surface area contributed by atoms with Crippen molar-refractivity contribution >= 4 is 23.6 Å². The number of benzene rings is 2. The maximum atomic E-state index is 12.8. The summed E-state index contributed by atoms with van der Waals surface area (Å²) < 4.78 is 16.4. The molecule has 1 atom stereocenters. The molecular weight excluding hydrogens is 438 g/mol. The number of urea groups is 1. The topological polar surface area (TPSA) is 115 Å². The zero-order valence-electron chi connectivity index (χ0n) is 19.5. The van der Waals surface area contributed by atoms with Crippen LogP contribution >= 0.6 is 0 Å². The molecule has 0 radical (unpaired) electrons. The smallest absolute Gasteiger partial charge is 0.338 e. The highest BCUT2D eigenvalue weighted by Crippen LogP contribution is 2.35. The number of carbonyl (C=O) groups excluding carboxylic acids is 3. The van der Waals surface area contributed by atoms with Crippen molar-refractivity contribution in [3.63, 3.8) is 0 Å². The maximum absolute atomic E-state index is 12.8. The van der Waals surface area contributed by atoms with Crippen LogP contribution in [0.1, 0.15) is 38.3 Å². The molecule has 0 saturated heterocycles. The first kappa shape index (κ1) is 24.6. The zero-order valence-corrected chi connectivity index (χ0v) is 19.5. The van der Waals surface area contributed by atoms with Crippen molar-refractivity contribution < 1.29 is 28.6 Å². The van der Waals surface area contributed by atoms with Gasteiger partial charge >= 0.3 is 12.0 Å². The third-order valence-corrected chi connectivity index (χ3v) is 5.09. The molecule has 1 unspecified atom stereocenters. The van der Waals surface area contributed by atoms with Gasteiger partial charge in [-0.25, -0.2) is 9.59 Å². The Morgan fingerprint density at radius 1 is 1.06 bits per heavy atom. The van der Waals surface area contributed by atoms with Gasteiger partial charge in [0.05, 0.1) is 25.3 Å². The number of para-hydroxylation sites is 1. The van der Waals surface area contributed by atoms with Gasteiger partial charge in [0.25, 0.3) is 5.91 Å². The van der Waals surface area contributed by atoms with E-state index in [1.54, 1.807) is 37.3 Å². The van der Waals surface area contributed by atoms with Crippen LogP contribution in [0.15, 0.2) is 59.8 Å². The lowest BCUT2D eigenvalue weighted by atomic mass is 9.93. The Bertz CT molecular complexity index is 1070. The summed E-state index contributed by atoms with van der Waals surface area (Å²) in [4.78, 5) is 37.3. The van der Waals surface area contributed by atoms with E-state index in [0.29, 0.717) is 40.4 Å². The molecule has 0 aliphatic carbocycles. The van der Waals surface area contributed by atoms with Crippen molar-refractivity contribution in [3.05, 3.63) is 65.4 Å². The summed E-state index contributed by atoms with van der Waals surface area (Å²) in [5.41, 5.74) is 2.17. The van der Waals surface area contributed by atoms with E-state index in [9.17, 15) is 14.4 Å². The molecule has 1 heterocycles. The molecule has 1 aliphatic rings. The number of amides is 3. The number of allylic oxidation sites excluding steroid dienone is 1. The fraction of sp³-hybridized carbons (Fsp3) is 0.320. The van der Waals surface area contributed by atoms with Gasteiger partial charge < -0.3 is 30.2 Å². The molecule has 0 fully saturated rings. The van der Waals surface area contributed by atoms with E-state index >= 15 is 0 Å². The van der Waals surface area contributed by atoms with Gasteiger partial charge in [0.1, 0.15) is 0 Å². The number of anilines is 1. The molecule has 0 spiro atoms. The van der Waals surface area contributed by atoms with Gasteiger partial charge in [-0.15, -0.1) is 0 Å². The average Bonchev–Trinajstić information content (AvgIpc) is 2.83. The van der Waals surface area contributed by atoms with Crippen LogP contribution in [0.4, 0.5) is 10.5 Å². The molecular formula is C25H29N3O6. The first-order valence-electron chi connectivity index (χ1n) is 11.1. The zero-order chi connectivity index (χ0) is 24.5. The molecule has 0 aromatic heterocycles. The first-order valence-corrected chi connectivity index (χ1v) is 11.1. The summed E-state index contributed by atoms with van der Waals surface area (Å²) in [6.45, 7) is 3.68. The number of ether oxygens (including phenoxy) is 3. The number of carbonyl (C=O) groups is 3. The summed E-state index contributed by atoms with van der Waals surface area (Å²) in [7, 11) is 1.47. The minimum Gasteiger partial charge on any atom is -0.493 e. The summed E-state index contributed by atoms with van der Waals surface area (Å²) >= 11 is 0. The summed E-state index contributed by atoms with van der Waals surface area (Å²) in [6, 6.07) is 13.0. The number of rotatable bonds is 10. The Morgan fingerprint density at radius 2 is 1.82 bits per heavy atom. The molecule has 9 heteroatoms. The predicted octanol–water partition coefficient (Wildman–Crippen LogP) is 3.68. The van der Waals surface area contributed by atoms with Gasteiger partial charge in [0, 0.05) is 11.4 Å². The fourth-order valence-corrected chi connectivity index (χ4v) is 3.61. The lowest BCUT2D eigenvalue weighted by Crippen LogP contribution is -2.46. The Hall–Kier alpha value is -4.01. The maximum Gasteiger partial charge on any atom is 0.338 e. The van der Waals surface area contributed by atoms with Crippen LogP contribution in [0.5, 0.6) is 11.5 Å². The van der Waals surface area contributed by atoms with Crippen LogP contribution in [0, 0.1) is 0 Å². The van der Waals surface area contributed by atoms with Crippen LogP contribution in [-0.4, -0.2) is 38.2 Å². The predicted molar refractivity (Wildman–Crippen MR) is 127 cm³/mol. The number of nitrogens with one attached hydrogen (secondary N) is 3. The summed E-state index contributed by atoms with van der Waals surface area (Å²) in [5.74, 6) is -0.108. The van der Waals surface area contributed by atoms with E-state index in [1.165, 1.54) is 7.11 Å². The first-order chi connectivity index (χ1) is 16.5. The van der Waals surface area contributed by atoms with E-state index in [4.69, 9.17) is 14.2 Å². The monoisotopic (exact) mass is 467 g/mol. The molecule has 3 N–H and O–H groups in total. The normalized spacial score (nSPS) is 15.1. The van der Waals surface area contributed by atoms with E-state index in [2.05, 4.69) is 16.0 Å². The Labute approximate surface area is 198 Å². The fourth-order valence-electron chi connectivity index (χ4n) is 3.61. The lowest BCUT2D eigenvalue weighted by Gasteiger charge is -2.29. The molecule has 2 aromatic rings. The SMILES string of the molecule is CCCC1=C(C(=O)OCC)C(c2ccc(OCC(=O)Nc3ccccc3)c(OC)c2)NC(=O)N1. The molecule has 3 rings (SSSR count). The second-order valence-corrected chi connectivity index (χ2v) is 7.51. The van der Waals surface area contributed by atoms with E-state index in [0.717, 1.165) is 6.42 Å². The second-order valence-electron chi connectivity index (χ2n) is 7.51. The van der Waals surface area contributed by atoms with Crippen LogP contribution in [0.3, 0.4) is 0 Å². The van der Waals surface area contributed by atoms with Crippen molar-refractivity contribution in [2.75, 3.05) is 25.6 Å². The van der Waals surface area contributed by atoms with Crippen LogP contribution in [0.25, 0.3) is 0 Å². The molecule has 2 aromatic carbocycles. The number of esters is 1. The molecule has 0 saturated carbocycles. The van der Waals surface area contributed by atoms with E-state index in [-0.39, 0.29) is 19.1 Å². The minimum absolute atomic E-state index is 0.212. The second kappa shape index (κ2) is 11.7. The molecule has 9 nitrogen and oxygen atoms in total. The Balaban J connectivity index is 1.82. The summed E-state index contributed by atoms with van der Waals surface area (Å²) in [5, 5.41) is 8.26. The van der Waals surface area contributed by atoms with Crippen LogP contribution < -0.4 is 25.4 Å². The average molecular weight is 468 g/mol. The molecule has 34 heavy (non-hydrogen) atoms. The van der Waals surface area contributed by atoms with Crippen molar-refractivity contribution in [2.24, 2.45) is 0 Å². The highest BCUT2D eigenvalue weighted by atomic mass is 16.5. The molecule has 1 aliphatic heterocycles. The van der Waals surface area contributed by atoms with Crippen LogP contribution in [-0.2, 0) is 14.3 Å². The highest BCUT2D eigenvalue weighted by molar-refractivity contribution is 5.95. The van der Waals surface area contributed by atoms with Gasteiger partial charge in [0.15, 0.2) is 18.1 Å². The van der Waals surface area contributed by atoms with Crippen molar-refractivity contribution in [1.82, 2.24) is 10.6 Å². The van der Waals surface area contributed by atoms with Gasteiger partial charge in [-0.05, 0) is 43.2 Å². The molecule has 180 valence electrons. The largest absolute Gasteiger partial charge is 0.493 e. The van der Waals surface area contributed by atoms with Crippen LogP contribution in [0.2, 0.25) is 0 Å². The summed E-state index contributed by atoms with van der Waals surface area (Å²) in [6.07, 6.45) is 1.26. The third kappa shape index (κ3) is 6.06. The van der Waals surface area contributed by atoms with E-state index in [1.807, 2.05) is 25.1 Å². The van der Waals surface area contributed by atoms with Gasteiger partial charge in [-0.3, -0.25) is 4.79 Å². The molecule has 0 bridgehead atoms.